The van der Waals surface area contributed by atoms with Crippen LogP contribution in [0, 0.1) is 5.92 Å². The van der Waals surface area contributed by atoms with Crippen molar-refractivity contribution in [2.24, 2.45) is 13.0 Å². The van der Waals surface area contributed by atoms with Crippen molar-refractivity contribution in [2.75, 3.05) is 20.8 Å². The average molecular weight is 440 g/mol. The van der Waals surface area contributed by atoms with E-state index in [1.54, 1.807) is 43.4 Å². The molecule has 1 N–H and O–H groups in total. The normalized spacial score (nSPS) is 11.1. The standard InChI is InChI=1S/C24H29N3O5/c1-15(2)10-11-25-22(28)17-8-6-16(7-9-17)14-27-23(29)18-12-20(31-4)21(32-5)13-19(18)26(3)24(27)30/h6-9,12-13,15H,10-11,14H2,1-5H3,(H,25,28). The van der Waals surface area contributed by atoms with Crippen molar-refractivity contribution < 1.29 is 14.3 Å². The van der Waals surface area contributed by atoms with Crippen LogP contribution in [0.3, 0.4) is 0 Å². The van der Waals surface area contributed by atoms with Crippen molar-refractivity contribution in [2.45, 2.75) is 26.8 Å². The summed E-state index contributed by atoms with van der Waals surface area (Å²) in [6.07, 6.45) is 0.911. The van der Waals surface area contributed by atoms with Crippen LogP contribution in [-0.2, 0) is 13.6 Å². The SMILES string of the molecule is COc1cc2c(=O)n(Cc3ccc(C(=O)NCCC(C)C)cc3)c(=O)n(C)c2cc1OC. The van der Waals surface area contributed by atoms with Gasteiger partial charge in [-0.05, 0) is 36.1 Å². The molecule has 3 aromatic rings. The number of aryl methyl sites for hydroxylation is 1. The molecule has 0 aliphatic heterocycles. The van der Waals surface area contributed by atoms with E-state index in [9.17, 15) is 14.4 Å². The highest BCUT2D eigenvalue weighted by molar-refractivity contribution is 5.94. The first-order valence-corrected chi connectivity index (χ1v) is 10.5. The Morgan fingerprint density at radius 1 is 1.03 bits per heavy atom. The molecular weight excluding hydrogens is 410 g/mol. The number of carbonyl (C=O) groups is 1. The van der Waals surface area contributed by atoms with Crippen LogP contribution < -0.4 is 26.0 Å². The molecule has 1 aromatic heterocycles. The second-order valence-corrected chi connectivity index (χ2v) is 8.09. The van der Waals surface area contributed by atoms with Gasteiger partial charge in [-0.15, -0.1) is 0 Å². The van der Waals surface area contributed by atoms with E-state index in [-0.39, 0.29) is 12.5 Å². The number of methoxy groups -OCH3 is 2. The van der Waals surface area contributed by atoms with Gasteiger partial charge < -0.3 is 14.8 Å². The molecule has 0 fully saturated rings. The summed E-state index contributed by atoms with van der Waals surface area (Å²) in [4.78, 5) is 38.3. The highest BCUT2D eigenvalue weighted by Gasteiger charge is 2.16. The molecule has 0 spiro atoms. The molecule has 1 amide bonds. The topological polar surface area (TPSA) is 91.6 Å². The van der Waals surface area contributed by atoms with Crippen molar-refractivity contribution >= 4 is 16.8 Å². The molecule has 0 saturated carbocycles. The van der Waals surface area contributed by atoms with Crippen LogP contribution in [0.15, 0.2) is 46.0 Å². The Hall–Kier alpha value is -3.55. The lowest BCUT2D eigenvalue weighted by Gasteiger charge is -2.14. The quantitative estimate of drug-likeness (QED) is 0.582. The number of ether oxygens (including phenoxy) is 2. The lowest BCUT2D eigenvalue weighted by atomic mass is 10.1. The van der Waals surface area contributed by atoms with E-state index in [0.29, 0.717) is 40.4 Å². The first-order valence-electron chi connectivity index (χ1n) is 10.5. The van der Waals surface area contributed by atoms with E-state index in [4.69, 9.17) is 9.47 Å². The van der Waals surface area contributed by atoms with Gasteiger partial charge in [-0.25, -0.2) is 4.79 Å². The Kier molecular flexibility index (Phi) is 7.02. The summed E-state index contributed by atoms with van der Waals surface area (Å²) in [7, 11) is 4.60. The van der Waals surface area contributed by atoms with Gasteiger partial charge in [0.25, 0.3) is 11.5 Å². The number of aromatic nitrogens is 2. The maximum absolute atomic E-state index is 13.1. The number of amides is 1. The predicted molar refractivity (Wildman–Crippen MR) is 124 cm³/mol. The summed E-state index contributed by atoms with van der Waals surface area (Å²) < 4.78 is 13.2. The minimum atomic E-state index is -0.440. The second kappa shape index (κ2) is 9.72. The predicted octanol–water partition coefficient (Wildman–Crippen LogP) is 2.54. The summed E-state index contributed by atoms with van der Waals surface area (Å²) in [6.45, 7) is 4.92. The number of fused-ring (bicyclic) bond motifs is 1. The van der Waals surface area contributed by atoms with Gasteiger partial charge in [-0.1, -0.05) is 26.0 Å². The number of hydrogen-bond donors (Lipinski definition) is 1. The van der Waals surface area contributed by atoms with Gasteiger partial charge in [0.2, 0.25) is 0 Å². The maximum atomic E-state index is 13.1. The maximum Gasteiger partial charge on any atom is 0.331 e. The van der Waals surface area contributed by atoms with Gasteiger partial charge in [-0.3, -0.25) is 18.7 Å². The Labute approximate surface area is 186 Å². The van der Waals surface area contributed by atoms with Gasteiger partial charge in [0.05, 0.1) is 31.7 Å². The molecule has 0 unspecified atom stereocenters. The molecule has 8 heteroatoms. The van der Waals surface area contributed by atoms with Crippen molar-refractivity contribution in [3.05, 3.63) is 68.4 Å². The van der Waals surface area contributed by atoms with Crippen LogP contribution in [0.5, 0.6) is 11.5 Å². The largest absolute Gasteiger partial charge is 0.493 e. The smallest absolute Gasteiger partial charge is 0.331 e. The molecule has 0 bridgehead atoms. The zero-order valence-corrected chi connectivity index (χ0v) is 19.1. The zero-order chi connectivity index (χ0) is 23.4. The van der Waals surface area contributed by atoms with E-state index in [2.05, 4.69) is 19.2 Å². The Morgan fingerprint density at radius 2 is 1.66 bits per heavy atom. The number of benzene rings is 2. The monoisotopic (exact) mass is 439 g/mol. The first-order chi connectivity index (χ1) is 15.3. The van der Waals surface area contributed by atoms with Crippen molar-refractivity contribution in [3.8, 4) is 11.5 Å². The summed E-state index contributed by atoms with van der Waals surface area (Å²) in [5.74, 6) is 1.23. The summed E-state index contributed by atoms with van der Waals surface area (Å²) in [5.41, 5.74) is 0.878. The third-order valence-corrected chi connectivity index (χ3v) is 5.42. The molecular formula is C24H29N3O5. The lowest BCUT2D eigenvalue weighted by Crippen LogP contribution is -2.39. The highest BCUT2D eigenvalue weighted by atomic mass is 16.5. The van der Waals surface area contributed by atoms with Gasteiger partial charge in [0.1, 0.15) is 0 Å². The molecule has 0 radical (unpaired) electrons. The fourth-order valence-electron chi connectivity index (χ4n) is 3.49. The van der Waals surface area contributed by atoms with E-state index in [1.807, 2.05) is 0 Å². The molecule has 0 atom stereocenters. The van der Waals surface area contributed by atoms with E-state index in [1.165, 1.54) is 23.4 Å². The van der Waals surface area contributed by atoms with Crippen molar-refractivity contribution in [3.63, 3.8) is 0 Å². The minimum absolute atomic E-state index is 0.0883. The Bertz CT molecular complexity index is 1240. The molecule has 3 rings (SSSR count). The number of nitrogens with one attached hydrogen (secondary N) is 1. The molecule has 8 nitrogen and oxygen atoms in total. The minimum Gasteiger partial charge on any atom is -0.493 e. The molecule has 32 heavy (non-hydrogen) atoms. The Balaban J connectivity index is 1.91. The van der Waals surface area contributed by atoms with Crippen LogP contribution in [0.2, 0.25) is 0 Å². The molecule has 1 heterocycles. The van der Waals surface area contributed by atoms with Crippen molar-refractivity contribution in [1.82, 2.24) is 14.5 Å². The van der Waals surface area contributed by atoms with Crippen LogP contribution >= 0.6 is 0 Å². The zero-order valence-electron chi connectivity index (χ0n) is 19.1. The summed E-state index contributed by atoms with van der Waals surface area (Å²) in [5, 5.41) is 3.25. The first kappa shape index (κ1) is 23.1. The fraction of sp³-hybridized carbons (Fsp3) is 0.375. The summed E-state index contributed by atoms with van der Waals surface area (Å²) >= 11 is 0. The molecule has 170 valence electrons. The average Bonchev–Trinajstić information content (AvgIpc) is 2.79. The van der Waals surface area contributed by atoms with Gasteiger partial charge in [0, 0.05) is 25.2 Å². The van der Waals surface area contributed by atoms with E-state index >= 15 is 0 Å². The fourth-order valence-corrected chi connectivity index (χ4v) is 3.49. The second-order valence-electron chi connectivity index (χ2n) is 8.09. The van der Waals surface area contributed by atoms with E-state index in [0.717, 1.165) is 12.0 Å². The highest BCUT2D eigenvalue weighted by Crippen LogP contribution is 2.30. The van der Waals surface area contributed by atoms with Crippen LogP contribution in [-0.4, -0.2) is 35.8 Å². The Morgan fingerprint density at radius 3 is 2.25 bits per heavy atom. The lowest BCUT2D eigenvalue weighted by molar-refractivity contribution is 0.0952. The van der Waals surface area contributed by atoms with Gasteiger partial charge in [-0.2, -0.15) is 0 Å². The number of carbonyl (C=O) groups excluding carboxylic acids is 1. The molecule has 0 aliphatic rings. The van der Waals surface area contributed by atoms with Crippen LogP contribution in [0.1, 0.15) is 36.2 Å². The van der Waals surface area contributed by atoms with Gasteiger partial charge in [0.15, 0.2) is 11.5 Å². The third kappa shape index (κ3) is 4.69. The number of hydrogen-bond acceptors (Lipinski definition) is 5. The molecule has 0 saturated heterocycles. The molecule has 2 aromatic carbocycles. The van der Waals surface area contributed by atoms with E-state index < -0.39 is 11.2 Å². The molecule has 0 aliphatic carbocycles. The van der Waals surface area contributed by atoms with Crippen LogP contribution in [0.4, 0.5) is 0 Å². The third-order valence-electron chi connectivity index (χ3n) is 5.42. The van der Waals surface area contributed by atoms with Crippen molar-refractivity contribution in [1.29, 1.82) is 0 Å². The van der Waals surface area contributed by atoms with Crippen LogP contribution in [0.25, 0.3) is 10.9 Å². The van der Waals surface area contributed by atoms with Gasteiger partial charge >= 0.3 is 5.69 Å². The number of nitrogens with zero attached hydrogens (tertiary/aromatic N) is 2. The summed E-state index contributed by atoms with van der Waals surface area (Å²) in [6, 6.07) is 10.1. The number of rotatable bonds is 8.